The van der Waals surface area contributed by atoms with Gasteiger partial charge in [0.2, 0.25) is 0 Å². The summed E-state index contributed by atoms with van der Waals surface area (Å²) in [6.45, 7) is 5.60. The molecule has 4 rings (SSSR count). The molecule has 0 spiro atoms. The first-order valence-corrected chi connectivity index (χ1v) is 9.42. The van der Waals surface area contributed by atoms with Crippen LogP contribution < -0.4 is 11.0 Å². The Morgan fingerprint density at radius 2 is 2.04 bits per heavy atom. The topological polar surface area (TPSA) is 79.4 Å². The smallest absolute Gasteiger partial charge is 0.326 e. The van der Waals surface area contributed by atoms with Gasteiger partial charge in [0.1, 0.15) is 0 Å². The molecule has 2 amide bonds. The molecule has 7 heteroatoms. The van der Waals surface area contributed by atoms with Gasteiger partial charge in [0.25, 0.3) is 0 Å². The molecule has 0 atom stereocenters. The van der Waals surface area contributed by atoms with Crippen LogP contribution in [0.5, 0.6) is 0 Å². The molecule has 0 saturated carbocycles. The minimum Gasteiger partial charge on any atom is -0.380 e. The van der Waals surface area contributed by atoms with Crippen molar-refractivity contribution in [1.29, 1.82) is 0 Å². The molecule has 2 fully saturated rings. The molecule has 7 nitrogen and oxygen atoms in total. The number of rotatable bonds is 4. The first kappa shape index (κ1) is 17.1. The van der Waals surface area contributed by atoms with Gasteiger partial charge >= 0.3 is 11.7 Å². The number of aromatic nitrogens is 2. The van der Waals surface area contributed by atoms with E-state index in [-0.39, 0.29) is 23.2 Å². The van der Waals surface area contributed by atoms with Crippen LogP contribution in [0.25, 0.3) is 11.0 Å². The molecule has 2 aliphatic heterocycles. The average molecular weight is 358 g/mol. The highest BCUT2D eigenvalue weighted by Crippen LogP contribution is 2.30. The van der Waals surface area contributed by atoms with Crippen LogP contribution in [0.4, 0.5) is 4.79 Å². The number of ether oxygens (including phenoxy) is 1. The van der Waals surface area contributed by atoms with Gasteiger partial charge in [-0.1, -0.05) is 19.1 Å². The number of para-hydroxylation sites is 2. The SMILES string of the molecule is CCC1(CNC(=O)N2CCC(n3c(=O)[nH]c4ccccc43)CC2)COC1. The van der Waals surface area contributed by atoms with E-state index >= 15 is 0 Å². The Morgan fingerprint density at radius 1 is 1.31 bits per heavy atom. The molecular weight excluding hydrogens is 332 g/mol. The van der Waals surface area contributed by atoms with Crippen LogP contribution in [0.1, 0.15) is 32.2 Å². The zero-order valence-electron chi connectivity index (χ0n) is 15.2. The van der Waals surface area contributed by atoms with E-state index in [0.717, 1.165) is 43.5 Å². The van der Waals surface area contributed by atoms with Gasteiger partial charge in [0.15, 0.2) is 0 Å². The maximum absolute atomic E-state index is 12.5. The lowest BCUT2D eigenvalue weighted by Crippen LogP contribution is -2.53. The van der Waals surface area contributed by atoms with E-state index in [9.17, 15) is 9.59 Å². The van der Waals surface area contributed by atoms with Crippen molar-refractivity contribution in [3.05, 3.63) is 34.7 Å². The molecule has 2 aliphatic rings. The Morgan fingerprint density at radius 3 is 2.69 bits per heavy atom. The number of aromatic amines is 1. The number of amides is 2. The number of likely N-dealkylation sites (tertiary alicyclic amines) is 1. The first-order chi connectivity index (χ1) is 12.6. The Balaban J connectivity index is 1.37. The monoisotopic (exact) mass is 358 g/mol. The second-order valence-electron chi connectivity index (χ2n) is 7.54. The zero-order chi connectivity index (χ0) is 18.1. The highest BCUT2D eigenvalue weighted by Gasteiger charge is 2.37. The van der Waals surface area contributed by atoms with Crippen molar-refractivity contribution < 1.29 is 9.53 Å². The molecule has 140 valence electrons. The number of imidazole rings is 1. The van der Waals surface area contributed by atoms with Gasteiger partial charge in [-0.25, -0.2) is 9.59 Å². The minimum atomic E-state index is -0.0658. The molecule has 2 N–H and O–H groups in total. The number of fused-ring (bicyclic) bond motifs is 1. The number of hydrogen-bond donors (Lipinski definition) is 2. The standard InChI is InChI=1S/C19H26N4O3/c1-2-19(12-26-13-19)11-20-17(24)22-9-7-14(8-10-22)23-16-6-4-3-5-15(16)21-18(23)25/h3-6,14H,2,7-13H2,1H3,(H,20,24)(H,21,25). The number of benzene rings is 1. The first-order valence-electron chi connectivity index (χ1n) is 9.42. The highest BCUT2D eigenvalue weighted by atomic mass is 16.5. The number of carbonyl (C=O) groups excluding carboxylic acids is 1. The van der Waals surface area contributed by atoms with E-state index in [1.165, 1.54) is 0 Å². The van der Waals surface area contributed by atoms with Gasteiger partial charge in [0.05, 0.1) is 24.2 Å². The zero-order valence-corrected chi connectivity index (χ0v) is 15.2. The van der Waals surface area contributed by atoms with Crippen molar-refractivity contribution in [3.8, 4) is 0 Å². The fourth-order valence-electron chi connectivity index (χ4n) is 3.96. The predicted octanol–water partition coefficient (Wildman–Crippen LogP) is 2.10. The summed E-state index contributed by atoms with van der Waals surface area (Å²) in [7, 11) is 0. The minimum absolute atomic E-state index is 0.00514. The molecule has 3 heterocycles. The Hall–Kier alpha value is -2.28. The molecule has 0 bridgehead atoms. The van der Waals surface area contributed by atoms with E-state index in [1.807, 2.05) is 33.7 Å². The van der Waals surface area contributed by atoms with Gasteiger partial charge in [-0.2, -0.15) is 0 Å². The number of urea groups is 1. The normalized spacial score (nSPS) is 20.1. The number of H-pyrrole nitrogens is 1. The van der Waals surface area contributed by atoms with E-state index in [1.54, 1.807) is 0 Å². The third-order valence-corrected chi connectivity index (χ3v) is 5.92. The predicted molar refractivity (Wildman–Crippen MR) is 99.3 cm³/mol. The summed E-state index contributed by atoms with van der Waals surface area (Å²) in [4.78, 5) is 29.6. The Labute approximate surface area is 152 Å². The highest BCUT2D eigenvalue weighted by molar-refractivity contribution is 5.75. The number of nitrogens with zero attached hydrogens (tertiary/aromatic N) is 2. The van der Waals surface area contributed by atoms with E-state index in [2.05, 4.69) is 17.2 Å². The van der Waals surface area contributed by atoms with Crippen molar-refractivity contribution >= 4 is 17.1 Å². The second-order valence-corrected chi connectivity index (χ2v) is 7.54. The summed E-state index contributed by atoms with van der Waals surface area (Å²) in [5, 5.41) is 3.07. The fourth-order valence-corrected chi connectivity index (χ4v) is 3.96. The average Bonchev–Trinajstić information content (AvgIpc) is 2.97. The summed E-state index contributed by atoms with van der Waals surface area (Å²) in [6, 6.07) is 7.88. The van der Waals surface area contributed by atoms with Gasteiger partial charge < -0.3 is 19.9 Å². The summed E-state index contributed by atoms with van der Waals surface area (Å²) >= 11 is 0. The second kappa shape index (κ2) is 6.79. The summed E-state index contributed by atoms with van der Waals surface area (Å²) in [5.41, 5.74) is 1.86. The van der Waals surface area contributed by atoms with Crippen LogP contribution >= 0.6 is 0 Å². The lowest BCUT2D eigenvalue weighted by molar-refractivity contribution is -0.111. The van der Waals surface area contributed by atoms with Gasteiger partial charge in [-0.05, 0) is 31.4 Å². The van der Waals surface area contributed by atoms with Gasteiger partial charge in [0, 0.05) is 31.1 Å². The number of nitrogens with one attached hydrogen (secondary N) is 2. The molecule has 26 heavy (non-hydrogen) atoms. The summed E-state index contributed by atoms with van der Waals surface area (Å²) in [6.07, 6.45) is 2.59. The van der Waals surface area contributed by atoms with Crippen molar-refractivity contribution in [2.75, 3.05) is 32.8 Å². The van der Waals surface area contributed by atoms with E-state index in [0.29, 0.717) is 19.6 Å². The Kier molecular flexibility index (Phi) is 4.48. The molecule has 1 aromatic heterocycles. The molecule has 2 aromatic rings. The van der Waals surface area contributed by atoms with Crippen molar-refractivity contribution in [2.24, 2.45) is 5.41 Å². The lowest BCUT2D eigenvalue weighted by Gasteiger charge is -2.41. The fraction of sp³-hybridized carbons (Fsp3) is 0.579. The third-order valence-electron chi connectivity index (χ3n) is 5.92. The van der Waals surface area contributed by atoms with E-state index in [4.69, 9.17) is 4.74 Å². The van der Waals surface area contributed by atoms with Crippen LogP contribution in [-0.4, -0.2) is 53.3 Å². The van der Waals surface area contributed by atoms with Crippen LogP contribution in [0.2, 0.25) is 0 Å². The Bertz CT molecular complexity index is 838. The van der Waals surface area contributed by atoms with Crippen LogP contribution in [0.3, 0.4) is 0 Å². The molecule has 0 radical (unpaired) electrons. The number of carbonyl (C=O) groups is 1. The van der Waals surface area contributed by atoms with Gasteiger partial charge in [-0.15, -0.1) is 0 Å². The molecule has 1 aromatic carbocycles. The maximum atomic E-state index is 12.5. The molecular formula is C19H26N4O3. The van der Waals surface area contributed by atoms with Crippen molar-refractivity contribution in [1.82, 2.24) is 19.8 Å². The lowest BCUT2D eigenvalue weighted by atomic mass is 9.83. The van der Waals surface area contributed by atoms with Crippen LogP contribution in [-0.2, 0) is 4.74 Å². The largest absolute Gasteiger partial charge is 0.380 e. The van der Waals surface area contributed by atoms with Crippen LogP contribution in [0.15, 0.2) is 29.1 Å². The number of hydrogen-bond acceptors (Lipinski definition) is 3. The van der Waals surface area contributed by atoms with Gasteiger partial charge in [-0.3, -0.25) is 4.57 Å². The molecule has 0 aliphatic carbocycles. The summed E-state index contributed by atoms with van der Waals surface area (Å²) in [5.74, 6) is 0. The maximum Gasteiger partial charge on any atom is 0.326 e. The number of piperidine rings is 1. The third kappa shape index (κ3) is 3.00. The quantitative estimate of drug-likeness (QED) is 0.878. The molecule has 0 unspecified atom stereocenters. The summed E-state index contributed by atoms with van der Waals surface area (Å²) < 4.78 is 7.16. The van der Waals surface area contributed by atoms with E-state index < -0.39 is 0 Å². The van der Waals surface area contributed by atoms with Crippen LogP contribution in [0, 0.1) is 5.41 Å². The van der Waals surface area contributed by atoms with Crippen molar-refractivity contribution in [3.63, 3.8) is 0 Å². The molecule has 2 saturated heterocycles. The van der Waals surface area contributed by atoms with Crippen molar-refractivity contribution in [2.45, 2.75) is 32.2 Å².